The number of carbonyl (C=O) groups is 1. The van der Waals surface area contributed by atoms with Crippen LogP contribution in [0.1, 0.15) is 40.5 Å². The molecule has 2 N–H and O–H groups in total. The van der Waals surface area contributed by atoms with Gasteiger partial charge in [0.25, 0.3) is 0 Å². The molecule has 1 fully saturated rings. The number of ether oxygens (including phenoxy) is 1. The Kier molecular flexibility index (Phi) is 4.59. The molecule has 94 valence electrons. The molecule has 0 saturated carbocycles. The molecule has 4 heteroatoms. The van der Waals surface area contributed by atoms with E-state index in [4.69, 9.17) is 4.74 Å². The van der Waals surface area contributed by atoms with E-state index in [2.05, 4.69) is 17.6 Å². The van der Waals surface area contributed by atoms with Crippen LogP contribution in [0.4, 0.5) is 4.79 Å². The Labute approximate surface area is 98.1 Å². The zero-order valence-electron chi connectivity index (χ0n) is 10.8. The second kappa shape index (κ2) is 5.53. The quantitative estimate of drug-likeness (QED) is 0.759. The van der Waals surface area contributed by atoms with Crippen LogP contribution in [0.5, 0.6) is 0 Å². The highest BCUT2D eigenvalue weighted by Crippen LogP contribution is 2.14. The van der Waals surface area contributed by atoms with Crippen molar-refractivity contribution >= 4 is 6.09 Å². The summed E-state index contributed by atoms with van der Waals surface area (Å²) in [6.45, 7) is 9.55. The van der Waals surface area contributed by atoms with Gasteiger partial charge in [0.15, 0.2) is 0 Å². The Morgan fingerprint density at radius 1 is 1.50 bits per heavy atom. The van der Waals surface area contributed by atoms with Crippen molar-refractivity contribution in [3.63, 3.8) is 0 Å². The second-order valence-corrected chi connectivity index (χ2v) is 5.66. The third-order valence-electron chi connectivity index (χ3n) is 2.65. The highest BCUT2D eigenvalue weighted by Gasteiger charge is 2.20. The van der Waals surface area contributed by atoms with Gasteiger partial charge in [-0.05, 0) is 46.1 Å². The fourth-order valence-corrected chi connectivity index (χ4v) is 1.90. The number of alkyl carbamates (subject to hydrolysis) is 1. The highest BCUT2D eigenvalue weighted by atomic mass is 16.6. The van der Waals surface area contributed by atoms with Crippen molar-refractivity contribution in [3.8, 4) is 0 Å². The van der Waals surface area contributed by atoms with Crippen LogP contribution >= 0.6 is 0 Å². The topological polar surface area (TPSA) is 50.4 Å². The molecule has 1 amide bonds. The third-order valence-corrected chi connectivity index (χ3v) is 2.65. The Morgan fingerprint density at radius 2 is 2.19 bits per heavy atom. The summed E-state index contributed by atoms with van der Waals surface area (Å²) in [6, 6.07) is 0.385. The molecule has 2 atom stereocenters. The normalized spacial score (nSPS) is 26.2. The first-order valence-corrected chi connectivity index (χ1v) is 6.07. The Balaban J connectivity index is 2.21. The van der Waals surface area contributed by atoms with Crippen molar-refractivity contribution in [3.05, 3.63) is 0 Å². The smallest absolute Gasteiger partial charge is 0.407 e. The zero-order valence-corrected chi connectivity index (χ0v) is 10.8. The van der Waals surface area contributed by atoms with Crippen molar-refractivity contribution in [1.82, 2.24) is 10.6 Å². The standard InChI is InChI=1S/C12H24N2O2/c1-9-5-6-13-10(7-9)8-14-11(15)16-12(2,3)4/h9-10,13H,5-8H2,1-4H3,(H,14,15)/t9-,10-/m0/s1. The van der Waals surface area contributed by atoms with Crippen LogP contribution in [0, 0.1) is 5.92 Å². The van der Waals surface area contributed by atoms with Gasteiger partial charge in [-0.25, -0.2) is 4.79 Å². The summed E-state index contributed by atoms with van der Waals surface area (Å²) in [5.74, 6) is 0.742. The Hall–Kier alpha value is -0.770. The van der Waals surface area contributed by atoms with Gasteiger partial charge in [0, 0.05) is 12.6 Å². The molecule has 0 radical (unpaired) electrons. The molecule has 1 heterocycles. The molecule has 0 unspecified atom stereocenters. The van der Waals surface area contributed by atoms with Crippen LogP contribution in [0.2, 0.25) is 0 Å². The number of carbonyl (C=O) groups excluding carboxylic acids is 1. The average Bonchev–Trinajstić information content (AvgIpc) is 2.12. The maximum absolute atomic E-state index is 11.4. The third kappa shape index (κ3) is 5.35. The molecular formula is C12H24N2O2. The van der Waals surface area contributed by atoms with Gasteiger partial charge in [-0.3, -0.25) is 0 Å². The fourth-order valence-electron chi connectivity index (χ4n) is 1.90. The lowest BCUT2D eigenvalue weighted by Crippen LogP contribution is -2.46. The second-order valence-electron chi connectivity index (χ2n) is 5.66. The SMILES string of the molecule is C[C@H]1CCN[C@H](CNC(=O)OC(C)(C)C)C1. The number of hydrogen-bond donors (Lipinski definition) is 2. The largest absolute Gasteiger partial charge is 0.444 e. The summed E-state index contributed by atoms with van der Waals surface area (Å²) in [5, 5.41) is 6.20. The van der Waals surface area contributed by atoms with Gasteiger partial charge in [-0.15, -0.1) is 0 Å². The van der Waals surface area contributed by atoms with Crippen molar-refractivity contribution < 1.29 is 9.53 Å². The Bertz CT molecular complexity index is 236. The van der Waals surface area contributed by atoms with Crippen molar-refractivity contribution in [2.45, 2.75) is 52.2 Å². The molecule has 0 aromatic rings. The molecular weight excluding hydrogens is 204 g/mol. The van der Waals surface area contributed by atoms with Crippen molar-refractivity contribution in [1.29, 1.82) is 0 Å². The molecule has 16 heavy (non-hydrogen) atoms. The van der Waals surface area contributed by atoms with E-state index in [0.717, 1.165) is 18.9 Å². The lowest BCUT2D eigenvalue weighted by atomic mass is 9.94. The minimum absolute atomic E-state index is 0.326. The highest BCUT2D eigenvalue weighted by molar-refractivity contribution is 5.67. The van der Waals surface area contributed by atoms with Gasteiger partial charge in [0.1, 0.15) is 5.60 Å². The maximum atomic E-state index is 11.4. The summed E-state index contributed by atoms with van der Waals surface area (Å²) in [4.78, 5) is 11.4. The van der Waals surface area contributed by atoms with E-state index < -0.39 is 5.60 Å². The Morgan fingerprint density at radius 3 is 2.75 bits per heavy atom. The first-order chi connectivity index (χ1) is 7.37. The molecule has 1 saturated heterocycles. The number of piperidine rings is 1. The van der Waals surface area contributed by atoms with Gasteiger partial charge in [0.2, 0.25) is 0 Å². The predicted molar refractivity (Wildman–Crippen MR) is 64.4 cm³/mol. The van der Waals surface area contributed by atoms with Gasteiger partial charge in [-0.1, -0.05) is 6.92 Å². The van der Waals surface area contributed by atoms with Crippen LogP contribution < -0.4 is 10.6 Å². The van der Waals surface area contributed by atoms with E-state index in [1.165, 1.54) is 6.42 Å². The summed E-state index contributed by atoms with van der Waals surface area (Å²) in [6.07, 6.45) is 2.02. The molecule has 0 spiro atoms. The molecule has 0 aliphatic carbocycles. The maximum Gasteiger partial charge on any atom is 0.407 e. The molecule has 1 aliphatic heterocycles. The van der Waals surface area contributed by atoms with Crippen LogP contribution in [-0.4, -0.2) is 30.8 Å². The lowest BCUT2D eigenvalue weighted by Gasteiger charge is -2.28. The summed E-state index contributed by atoms with van der Waals surface area (Å²) >= 11 is 0. The van der Waals surface area contributed by atoms with Crippen LogP contribution in [0.3, 0.4) is 0 Å². The number of amides is 1. The van der Waals surface area contributed by atoms with Gasteiger partial charge >= 0.3 is 6.09 Å². The predicted octanol–water partition coefficient (Wildman–Crippen LogP) is 1.90. The lowest BCUT2D eigenvalue weighted by molar-refractivity contribution is 0.0519. The minimum Gasteiger partial charge on any atom is -0.444 e. The summed E-state index contributed by atoms with van der Waals surface area (Å²) < 4.78 is 5.18. The van der Waals surface area contributed by atoms with E-state index >= 15 is 0 Å². The van der Waals surface area contributed by atoms with Gasteiger partial charge < -0.3 is 15.4 Å². The van der Waals surface area contributed by atoms with E-state index in [0.29, 0.717) is 12.6 Å². The fraction of sp³-hybridized carbons (Fsp3) is 0.917. The van der Waals surface area contributed by atoms with E-state index in [9.17, 15) is 4.79 Å². The number of rotatable bonds is 2. The van der Waals surface area contributed by atoms with E-state index in [1.807, 2.05) is 20.8 Å². The number of hydrogen-bond acceptors (Lipinski definition) is 3. The molecule has 0 aromatic carbocycles. The van der Waals surface area contributed by atoms with Crippen LogP contribution in [0.25, 0.3) is 0 Å². The van der Waals surface area contributed by atoms with Crippen molar-refractivity contribution in [2.75, 3.05) is 13.1 Å². The molecule has 1 aliphatic rings. The van der Waals surface area contributed by atoms with Gasteiger partial charge in [-0.2, -0.15) is 0 Å². The van der Waals surface area contributed by atoms with E-state index in [-0.39, 0.29) is 6.09 Å². The van der Waals surface area contributed by atoms with Crippen LogP contribution in [-0.2, 0) is 4.74 Å². The minimum atomic E-state index is -0.419. The summed E-state index contributed by atoms with van der Waals surface area (Å²) in [7, 11) is 0. The zero-order chi connectivity index (χ0) is 12.2. The molecule has 0 bridgehead atoms. The van der Waals surface area contributed by atoms with Gasteiger partial charge in [0.05, 0.1) is 0 Å². The average molecular weight is 228 g/mol. The molecule has 1 rings (SSSR count). The number of nitrogens with one attached hydrogen (secondary N) is 2. The van der Waals surface area contributed by atoms with Crippen LogP contribution in [0.15, 0.2) is 0 Å². The first kappa shape index (κ1) is 13.3. The molecule has 0 aromatic heterocycles. The summed E-state index contributed by atoms with van der Waals surface area (Å²) in [5.41, 5.74) is -0.419. The molecule has 4 nitrogen and oxygen atoms in total. The monoisotopic (exact) mass is 228 g/mol. The first-order valence-electron chi connectivity index (χ1n) is 6.07. The van der Waals surface area contributed by atoms with E-state index in [1.54, 1.807) is 0 Å². The van der Waals surface area contributed by atoms with Crippen molar-refractivity contribution in [2.24, 2.45) is 5.92 Å².